The molecular weight excluding hydrogens is 408 g/mol. The molecule has 0 bridgehead atoms. The molecule has 4 aromatic rings. The Morgan fingerprint density at radius 2 is 1.97 bits per heavy atom. The van der Waals surface area contributed by atoms with E-state index >= 15 is 0 Å². The van der Waals surface area contributed by atoms with Crippen LogP contribution in [0, 0.1) is 0 Å². The number of anilines is 1. The van der Waals surface area contributed by atoms with E-state index < -0.39 is 0 Å². The number of amides is 1. The van der Waals surface area contributed by atoms with Gasteiger partial charge in [0.25, 0.3) is 0 Å². The zero-order chi connectivity index (χ0) is 20.1. The van der Waals surface area contributed by atoms with Gasteiger partial charge in [-0.15, -0.1) is 11.3 Å². The maximum Gasteiger partial charge on any atom is 0.230 e. The van der Waals surface area contributed by atoms with E-state index in [4.69, 9.17) is 16.3 Å². The molecule has 3 aromatic heterocycles. The van der Waals surface area contributed by atoms with Crippen molar-refractivity contribution in [2.24, 2.45) is 0 Å². The minimum Gasteiger partial charge on any atom is -0.439 e. The second-order valence-electron chi connectivity index (χ2n) is 6.05. The molecule has 1 N–H and O–H groups in total. The molecule has 0 saturated carbocycles. The van der Waals surface area contributed by atoms with Gasteiger partial charge in [0.15, 0.2) is 0 Å². The highest BCUT2D eigenvalue weighted by atomic mass is 35.5. The van der Waals surface area contributed by atoms with E-state index in [0.29, 0.717) is 28.0 Å². The molecular formula is C21H15ClN4O2S. The van der Waals surface area contributed by atoms with Crippen molar-refractivity contribution in [2.75, 3.05) is 5.32 Å². The van der Waals surface area contributed by atoms with Crippen LogP contribution in [0.3, 0.4) is 0 Å². The first kappa shape index (κ1) is 19.0. The fourth-order valence-electron chi connectivity index (χ4n) is 2.52. The van der Waals surface area contributed by atoms with E-state index in [9.17, 15) is 4.79 Å². The first-order chi connectivity index (χ1) is 14.2. The number of carbonyl (C=O) groups is 1. The van der Waals surface area contributed by atoms with Gasteiger partial charge in [-0.1, -0.05) is 11.6 Å². The highest BCUT2D eigenvalue weighted by Gasteiger charge is 2.10. The maximum absolute atomic E-state index is 12.3. The predicted octanol–water partition coefficient (Wildman–Crippen LogP) is 5.23. The van der Waals surface area contributed by atoms with Crippen molar-refractivity contribution in [3.63, 3.8) is 0 Å². The highest BCUT2D eigenvalue weighted by Crippen LogP contribution is 2.24. The number of carbonyl (C=O) groups excluding carboxylic acids is 1. The largest absolute Gasteiger partial charge is 0.439 e. The summed E-state index contributed by atoms with van der Waals surface area (Å²) in [6, 6.07) is 14.2. The van der Waals surface area contributed by atoms with Crippen LogP contribution in [0.25, 0.3) is 10.6 Å². The number of aromatic nitrogens is 3. The summed E-state index contributed by atoms with van der Waals surface area (Å²) in [4.78, 5) is 25.1. The maximum atomic E-state index is 12.3. The number of halogens is 1. The number of nitrogens with zero attached hydrogens (tertiary/aromatic N) is 3. The lowest BCUT2D eigenvalue weighted by molar-refractivity contribution is -0.115. The molecule has 0 atom stereocenters. The van der Waals surface area contributed by atoms with Crippen LogP contribution in [0.2, 0.25) is 5.02 Å². The Kier molecular flexibility index (Phi) is 5.79. The van der Waals surface area contributed by atoms with E-state index in [2.05, 4.69) is 20.3 Å². The molecule has 4 rings (SSSR count). The number of hydrogen-bond donors (Lipinski definition) is 1. The molecule has 0 saturated heterocycles. The van der Waals surface area contributed by atoms with Gasteiger partial charge in [-0.25, -0.2) is 9.97 Å². The van der Waals surface area contributed by atoms with Crippen molar-refractivity contribution in [3.05, 3.63) is 83.2 Å². The lowest BCUT2D eigenvalue weighted by Gasteiger charge is -2.07. The number of nitrogens with one attached hydrogen (secondary N) is 1. The third kappa shape index (κ3) is 5.16. The number of rotatable bonds is 6. The lowest BCUT2D eigenvalue weighted by atomic mass is 10.3. The minimum atomic E-state index is -0.166. The summed E-state index contributed by atoms with van der Waals surface area (Å²) < 4.78 is 5.64. The Bertz CT molecular complexity index is 1100. The van der Waals surface area contributed by atoms with Gasteiger partial charge in [-0.3, -0.25) is 9.78 Å². The molecule has 8 heteroatoms. The van der Waals surface area contributed by atoms with Crippen LogP contribution < -0.4 is 10.1 Å². The number of pyridine rings is 2. The van der Waals surface area contributed by atoms with Gasteiger partial charge in [-0.2, -0.15) is 0 Å². The highest BCUT2D eigenvalue weighted by molar-refractivity contribution is 7.13. The van der Waals surface area contributed by atoms with Gasteiger partial charge in [0.05, 0.1) is 24.0 Å². The first-order valence-corrected chi connectivity index (χ1v) is 9.95. The van der Waals surface area contributed by atoms with Crippen LogP contribution >= 0.6 is 22.9 Å². The molecule has 0 spiro atoms. The summed E-state index contributed by atoms with van der Waals surface area (Å²) in [5, 5.41) is 6.17. The van der Waals surface area contributed by atoms with Crippen LogP contribution in [0.4, 0.5) is 5.69 Å². The topological polar surface area (TPSA) is 77.0 Å². The van der Waals surface area contributed by atoms with Crippen LogP contribution in [-0.4, -0.2) is 20.9 Å². The Labute approximate surface area is 176 Å². The Hall–Kier alpha value is -3.29. The predicted molar refractivity (Wildman–Crippen MR) is 113 cm³/mol. The smallest absolute Gasteiger partial charge is 0.230 e. The Morgan fingerprint density at radius 1 is 1.10 bits per heavy atom. The molecule has 6 nitrogen and oxygen atoms in total. The third-order valence-electron chi connectivity index (χ3n) is 3.86. The number of benzene rings is 1. The summed E-state index contributed by atoms with van der Waals surface area (Å²) in [7, 11) is 0. The normalized spacial score (nSPS) is 10.5. The molecule has 144 valence electrons. The van der Waals surface area contributed by atoms with E-state index in [1.165, 1.54) is 11.3 Å². The fraction of sp³-hybridized carbons (Fsp3) is 0.0476. The standard InChI is InChI=1S/C21H15ClN4O2S/c22-15-3-6-18(7-4-15)28-20-8-5-16(12-24-20)25-19(27)10-17-13-29-21(26-17)14-2-1-9-23-11-14/h1-9,11-13H,10H2,(H,25,27). The molecule has 0 aliphatic rings. The number of thiazole rings is 1. The Balaban J connectivity index is 1.34. The molecule has 1 amide bonds. The molecule has 3 heterocycles. The SMILES string of the molecule is O=C(Cc1csc(-c2cccnc2)n1)Nc1ccc(Oc2ccc(Cl)cc2)nc1. The van der Waals surface area contributed by atoms with E-state index in [0.717, 1.165) is 10.6 Å². The summed E-state index contributed by atoms with van der Waals surface area (Å²) in [5.41, 5.74) is 2.23. The summed E-state index contributed by atoms with van der Waals surface area (Å²) in [6.45, 7) is 0. The van der Waals surface area contributed by atoms with Gasteiger partial charge < -0.3 is 10.1 Å². The zero-order valence-electron chi connectivity index (χ0n) is 15.1. The molecule has 0 unspecified atom stereocenters. The van der Waals surface area contributed by atoms with Gasteiger partial charge in [0.2, 0.25) is 11.8 Å². The van der Waals surface area contributed by atoms with Crippen molar-refractivity contribution in [3.8, 4) is 22.2 Å². The van der Waals surface area contributed by atoms with Crippen LogP contribution in [-0.2, 0) is 11.2 Å². The monoisotopic (exact) mass is 422 g/mol. The summed E-state index contributed by atoms with van der Waals surface area (Å²) in [5.74, 6) is 0.888. The van der Waals surface area contributed by atoms with E-state index in [1.54, 1.807) is 55.0 Å². The van der Waals surface area contributed by atoms with Crippen molar-refractivity contribution in [2.45, 2.75) is 6.42 Å². The lowest BCUT2D eigenvalue weighted by Crippen LogP contribution is -2.14. The van der Waals surface area contributed by atoms with Crippen molar-refractivity contribution >= 4 is 34.5 Å². The number of hydrogen-bond acceptors (Lipinski definition) is 6. The molecule has 0 fully saturated rings. The first-order valence-electron chi connectivity index (χ1n) is 8.70. The van der Waals surface area contributed by atoms with Crippen LogP contribution in [0.1, 0.15) is 5.69 Å². The van der Waals surface area contributed by atoms with Gasteiger partial charge in [0, 0.05) is 34.4 Å². The summed E-state index contributed by atoms with van der Waals surface area (Å²) >= 11 is 7.34. The number of ether oxygens (including phenoxy) is 1. The van der Waals surface area contributed by atoms with E-state index in [1.807, 2.05) is 17.5 Å². The fourth-order valence-corrected chi connectivity index (χ4v) is 3.45. The molecule has 0 radical (unpaired) electrons. The molecule has 0 aliphatic heterocycles. The van der Waals surface area contributed by atoms with Gasteiger partial charge in [-0.05, 0) is 42.5 Å². The third-order valence-corrected chi connectivity index (χ3v) is 5.05. The second-order valence-corrected chi connectivity index (χ2v) is 7.35. The second kappa shape index (κ2) is 8.81. The molecule has 29 heavy (non-hydrogen) atoms. The van der Waals surface area contributed by atoms with Crippen molar-refractivity contribution < 1.29 is 9.53 Å². The molecule has 0 aliphatic carbocycles. The zero-order valence-corrected chi connectivity index (χ0v) is 16.7. The average Bonchev–Trinajstić information content (AvgIpc) is 3.20. The van der Waals surface area contributed by atoms with Gasteiger partial charge >= 0.3 is 0 Å². The average molecular weight is 423 g/mol. The van der Waals surface area contributed by atoms with Crippen LogP contribution in [0.15, 0.2) is 72.5 Å². The van der Waals surface area contributed by atoms with Crippen molar-refractivity contribution in [1.82, 2.24) is 15.0 Å². The minimum absolute atomic E-state index is 0.166. The van der Waals surface area contributed by atoms with E-state index in [-0.39, 0.29) is 12.3 Å². The van der Waals surface area contributed by atoms with Crippen LogP contribution in [0.5, 0.6) is 11.6 Å². The molecule has 1 aromatic carbocycles. The Morgan fingerprint density at radius 3 is 2.69 bits per heavy atom. The summed E-state index contributed by atoms with van der Waals surface area (Å²) in [6.07, 6.45) is 5.19. The van der Waals surface area contributed by atoms with Gasteiger partial charge in [0.1, 0.15) is 10.8 Å². The quantitative estimate of drug-likeness (QED) is 0.460. The van der Waals surface area contributed by atoms with Crippen molar-refractivity contribution in [1.29, 1.82) is 0 Å².